The number of carbonyl (C=O) groups is 1. The van der Waals surface area contributed by atoms with Crippen LogP contribution in [0.25, 0.3) is 0 Å². The average Bonchev–Trinajstić information content (AvgIpc) is 2.56. The highest BCUT2D eigenvalue weighted by atomic mass is 16.5. The molecule has 0 aromatic carbocycles. The van der Waals surface area contributed by atoms with Crippen molar-refractivity contribution in [2.45, 2.75) is 70.5 Å². The Kier molecular flexibility index (Phi) is 14.6. The summed E-state index contributed by atoms with van der Waals surface area (Å²) in [6, 6.07) is 0. The number of aliphatic hydroxyl groups excluding tert-OH is 2. The minimum Gasteiger partial charge on any atom is -0.469 e. The number of unbranched alkanes of at least 4 members (excludes halogenated alkanes) is 5. The molecule has 0 aromatic heterocycles. The normalized spacial score (nSPS) is 14.8. The minimum absolute atomic E-state index is 0.139. The smallest absolute Gasteiger partial charge is 0.305 e. The van der Waals surface area contributed by atoms with E-state index in [0.717, 1.165) is 44.9 Å². The molecule has 0 spiro atoms. The van der Waals surface area contributed by atoms with Crippen molar-refractivity contribution in [2.75, 3.05) is 7.11 Å². The Labute approximate surface area is 140 Å². The summed E-state index contributed by atoms with van der Waals surface area (Å²) in [6.07, 6.45) is 16.5. The van der Waals surface area contributed by atoms with E-state index in [9.17, 15) is 15.0 Å². The SMILES string of the molecule is CC/C=C/C=C/[C@@H](O)[C@H](O)/C=C\CCCCCCCC(=O)OC. The number of ether oxygens (including phenoxy) is 1. The van der Waals surface area contributed by atoms with Crippen molar-refractivity contribution in [1.29, 1.82) is 0 Å². The van der Waals surface area contributed by atoms with Gasteiger partial charge in [0.05, 0.1) is 7.11 Å². The van der Waals surface area contributed by atoms with Gasteiger partial charge in [-0.25, -0.2) is 0 Å². The van der Waals surface area contributed by atoms with Crippen LogP contribution in [0.4, 0.5) is 0 Å². The monoisotopic (exact) mass is 324 g/mol. The molecule has 0 saturated heterocycles. The molecular formula is C19H32O4. The molecule has 0 aliphatic rings. The summed E-state index contributed by atoms with van der Waals surface area (Å²) in [4.78, 5) is 10.9. The van der Waals surface area contributed by atoms with E-state index in [-0.39, 0.29) is 5.97 Å². The van der Waals surface area contributed by atoms with Crippen molar-refractivity contribution in [3.63, 3.8) is 0 Å². The van der Waals surface area contributed by atoms with Gasteiger partial charge in [-0.05, 0) is 25.7 Å². The van der Waals surface area contributed by atoms with Crippen molar-refractivity contribution in [3.05, 3.63) is 36.5 Å². The van der Waals surface area contributed by atoms with Gasteiger partial charge < -0.3 is 14.9 Å². The zero-order valence-corrected chi connectivity index (χ0v) is 14.5. The molecular weight excluding hydrogens is 292 g/mol. The predicted molar refractivity (Wildman–Crippen MR) is 94.1 cm³/mol. The Bertz CT molecular complexity index is 372. The molecule has 0 bridgehead atoms. The maximum Gasteiger partial charge on any atom is 0.305 e. The summed E-state index contributed by atoms with van der Waals surface area (Å²) in [5.74, 6) is -0.139. The van der Waals surface area contributed by atoms with Crippen LogP contribution >= 0.6 is 0 Å². The first kappa shape index (κ1) is 21.6. The van der Waals surface area contributed by atoms with E-state index in [2.05, 4.69) is 4.74 Å². The lowest BCUT2D eigenvalue weighted by Crippen LogP contribution is -2.20. The maximum absolute atomic E-state index is 10.9. The van der Waals surface area contributed by atoms with Crippen LogP contribution in [0, 0.1) is 0 Å². The van der Waals surface area contributed by atoms with Crippen LogP contribution in [0.15, 0.2) is 36.5 Å². The van der Waals surface area contributed by atoms with Gasteiger partial charge in [0.15, 0.2) is 0 Å². The van der Waals surface area contributed by atoms with E-state index in [1.807, 2.05) is 25.2 Å². The number of carbonyl (C=O) groups excluding carboxylic acids is 1. The quantitative estimate of drug-likeness (QED) is 0.235. The average molecular weight is 324 g/mol. The van der Waals surface area contributed by atoms with Gasteiger partial charge in [-0.15, -0.1) is 0 Å². The highest BCUT2D eigenvalue weighted by Crippen LogP contribution is 2.08. The fourth-order valence-corrected chi connectivity index (χ4v) is 2.02. The molecule has 0 saturated carbocycles. The van der Waals surface area contributed by atoms with Crippen LogP contribution in [0.3, 0.4) is 0 Å². The van der Waals surface area contributed by atoms with E-state index < -0.39 is 12.2 Å². The molecule has 4 nitrogen and oxygen atoms in total. The van der Waals surface area contributed by atoms with Gasteiger partial charge in [0.25, 0.3) is 0 Å². The number of hydrogen-bond acceptors (Lipinski definition) is 4. The first-order chi connectivity index (χ1) is 11.1. The number of allylic oxidation sites excluding steroid dienone is 4. The minimum atomic E-state index is -0.869. The second-order valence-corrected chi connectivity index (χ2v) is 5.51. The van der Waals surface area contributed by atoms with Crippen LogP contribution in [-0.2, 0) is 9.53 Å². The predicted octanol–water partition coefficient (Wildman–Crippen LogP) is 3.69. The lowest BCUT2D eigenvalue weighted by Gasteiger charge is -2.09. The first-order valence-corrected chi connectivity index (χ1v) is 8.54. The molecule has 0 fully saturated rings. The van der Waals surface area contributed by atoms with Crippen molar-refractivity contribution in [2.24, 2.45) is 0 Å². The standard InChI is InChI=1S/C19H32O4/c1-3-4-5-11-14-17(20)18(21)15-12-9-7-6-8-10-13-16-19(22)23-2/h4-5,11-12,14-15,17-18,20-21H,3,6-10,13,16H2,1-2H3/b5-4+,14-11+,15-12-/t17-,18-/m1/s1. The van der Waals surface area contributed by atoms with Crippen molar-refractivity contribution in [1.82, 2.24) is 0 Å². The van der Waals surface area contributed by atoms with E-state index in [1.54, 1.807) is 18.2 Å². The molecule has 0 rings (SSSR count). The topological polar surface area (TPSA) is 66.8 Å². The Morgan fingerprint density at radius 3 is 2.30 bits per heavy atom. The van der Waals surface area contributed by atoms with Crippen molar-refractivity contribution >= 4 is 5.97 Å². The molecule has 132 valence electrons. The summed E-state index contributed by atoms with van der Waals surface area (Å²) < 4.78 is 4.59. The Morgan fingerprint density at radius 2 is 1.61 bits per heavy atom. The Morgan fingerprint density at radius 1 is 0.957 bits per heavy atom. The van der Waals surface area contributed by atoms with Gasteiger partial charge in [0.1, 0.15) is 12.2 Å². The third-order valence-corrected chi connectivity index (χ3v) is 3.45. The van der Waals surface area contributed by atoms with Gasteiger partial charge in [-0.1, -0.05) is 62.6 Å². The Balaban J connectivity index is 3.63. The lowest BCUT2D eigenvalue weighted by atomic mass is 10.1. The van der Waals surface area contributed by atoms with Crippen molar-refractivity contribution in [3.8, 4) is 0 Å². The van der Waals surface area contributed by atoms with Crippen molar-refractivity contribution < 1.29 is 19.7 Å². The Hall–Kier alpha value is -1.39. The van der Waals surface area contributed by atoms with E-state index >= 15 is 0 Å². The van der Waals surface area contributed by atoms with E-state index in [4.69, 9.17) is 0 Å². The van der Waals surface area contributed by atoms with Crippen LogP contribution in [0.2, 0.25) is 0 Å². The van der Waals surface area contributed by atoms with Gasteiger partial charge in [-0.3, -0.25) is 4.79 Å². The largest absolute Gasteiger partial charge is 0.469 e. The zero-order valence-electron chi connectivity index (χ0n) is 14.5. The fourth-order valence-electron chi connectivity index (χ4n) is 2.02. The molecule has 23 heavy (non-hydrogen) atoms. The molecule has 0 unspecified atom stereocenters. The highest BCUT2D eigenvalue weighted by molar-refractivity contribution is 5.68. The number of esters is 1. The van der Waals surface area contributed by atoms with Crippen LogP contribution in [-0.4, -0.2) is 35.5 Å². The van der Waals surface area contributed by atoms with E-state index in [1.165, 1.54) is 7.11 Å². The zero-order chi connectivity index (χ0) is 17.3. The molecule has 0 heterocycles. The molecule has 0 radical (unpaired) electrons. The summed E-state index contributed by atoms with van der Waals surface area (Å²) in [7, 11) is 1.41. The molecule has 2 N–H and O–H groups in total. The molecule has 0 aliphatic carbocycles. The summed E-state index contributed by atoms with van der Waals surface area (Å²) in [5.41, 5.74) is 0. The summed E-state index contributed by atoms with van der Waals surface area (Å²) in [5, 5.41) is 19.5. The van der Waals surface area contributed by atoms with E-state index in [0.29, 0.717) is 6.42 Å². The van der Waals surface area contributed by atoms with Crippen LogP contribution < -0.4 is 0 Å². The number of rotatable bonds is 13. The third kappa shape index (κ3) is 14.0. The van der Waals surface area contributed by atoms with Gasteiger partial charge in [0.2, 0.25) is 0 Å². The second kappa shape index (κ2) is 15.5. The summed E-state index contributed by atoms with van der Waals surface area (Å²) >= 11 is 0. The summed E-state index contributed by atoms with van der Waals surface area (Å²) in [6.45, 7) is 2.04. The molecule has 2 atom stereocenters. The third-order valence-electron chi connectivity index (χ3n) is 3.45. The van der Waals surface area contributed by atoms with Crippen LogP contribution in [0.5, 0.6) is 0 Å². The number of methoxy groups -OCH3 is 1. The highest BCUT2D eigenvalue weighted by Gasteiger charge is 2.07. The number of aliphatic hydroxyl groups is 2. The maximum atomic E-state index is 10.9. The molecule has 0 aliphatic heterocycles. The molecule has 4 heteroatoms. The van der Waals surface area contributed by atoms with Gasteiger partial charge in [0, 0.05) is 6.42 Å². The molecule has 0 amide bonds. The van der Waals surface area contributed by atoms with Gasteiger partial charge in [-0.2, -0.15) is 0 Å². The first-order valence-electron chi connectivity index (χ1n) is 8.54. The molecule has 0 aromatic rings. The second-order valence-electron chi connectivity index (χ2n) is 5.51. The van der Waals surface area contributed by atoms with Crippen LogP contribution in [0.1, 0.15) is 58.3 Å². The fraction of sp³-hybridized carbons (Fsp3) is 0.632. The number of hydrogen-bond donors (Lipinski definition) is 2. The lowest BCUT2D eigenvalue weighted by molar-refractivity contribution is -0.140. The van der Waals surface area contributed by atoms with Gasteiger partial charge >= 0.3 is 5.97 Å².